The summed E-state index contributed by atoms with van der Waals surface area (Å²) in [5.74, 6) is 1.65. The molecule has 13 heteroatoms. The number of halogens is 2. The summed E-state index contributed by atoms with van der Waals surface area (Å²) in [4.78, 5) is 18.7. The quantitative estimate of drug-likeness (QED) is 0.189. The van der Waals surface area contributed by atoms with E-state index >= 15 is 8.78 Å². The third kappa shape index (κ3) is 7.26. The fourth-order valence-corrected chi connectivity index (χ4v) is 9.53. The molecule has 0 amide bonds. The molecule has 0 radical (unpaired) electrons. The second-order valence-electron chi connectivity index (χ2n) is 16.0. The number of aliphatic hydroxyl groups is 1. The summed E-state index contributed by atoms with van der Waals surface area (Å²) >= 11 is 0. The minimum atomic E-state index is -1.24. The molecule has 3 saturated heterocycles. The Kier molecular flexibility index (Phi) is 10.4. The highest BCUT2D eigenvalue weighted by atomic mass is 19.1. The number of pyridine rings is 1. The number of benzene rings is 2. The van der Waals surface area contributed by atoms with Crippen LogP contribution >= 0.6 is 0 Å². The molecule has 292 valence electrons. The van der Waals surface area contributed by atoms with Crippen molar-refractivity contribution in [3.63, 3.8) is 0 Å². The number of aromatic nitrogens is 3. The van der Waals surface area contributed by atoms with Crippen LogP contribution in [0.1, 0.15) is 63.9 Å². The van der Waals surface area contributed by atoms with E-state index in [2.05, 4.69) is 15.8 Å². The summed E-state index contributed by atoms with van der Waals surface area (Å²) in [6.07, 6.45) is 14.5. The van der Waals surface area contributed by atoms with Crippen molar-refractivity contribution >= 4 is 27.5 Å². The number of methoxy groups -OCH3 is 1. The summed E-state index contributed by atoms with van der Waals surface area (Å²) in [6.45, 7) is 6.73. The van der Waals surface area contributed by atoms with Gasteiger partial charge in [-0.25, -0.2) is 13.8 Å². The molecule has 55 heavy (non-hydrogen) atoms. The summed E-state index contributed by atoms with van der Waals surface area (Å²) in [5.41, 5.74) is -1.73. The van der Waals surface area contributed by atoms with Gasteiger partial charge in [0.2, 0.25) is 5.88 Å². The summed E-state index contributed by atoms with van der Waals surface area (Å²) < 4.78 is 56.1. The lowest BCUT2D eigenvalue weighted by molar-refractivity contribution is -0.0123. The largest absolute Gasteiger partial charge is 0.508 e. The highest BCUT2D eigenvalue weighted by Crippen LogP contribution is 2.49. The number of piperidine rings is 1. The first-order valence-corrected chi connectivity index (χ1v) is 19.5. The third-order valence-corrected chi connectivity index (χ3v) is 12.2. The van der Waals surface area contributed by atoms with Crippen molar-refractivity contribution in [3.8, 4) is 41.2 Å². The number of aromatic hydroxyl groups is 1. The molecule has 3 aliphatic heterocycles. The Balaban J connectivity index is 1.22. The van der Waals surface area contributed by atoms with E-state index in [9.17, 15) is 10.2 Å². The van der Waals surface area contributed by atoms with Gasteiger partial charge in [0.25, 0.3) is 0 Å². The minimum Gasteiger partial charge on any atom is -0.508 e. The van der Waals surface area contributed by atoms with E-state index in [0.29, 0.717) is 37.1 Å². The summed E-state index contributed by atoms with van der Waals surface area (Å²) in [6, 6.07) is 5.77. The van der Waals surface area contributed by atoms with Gasteiger partial charge in [0.1, 0.15) is 39.6 Å². The third-order valence-electron chi connectivity index (χ3n) is 12.2. The van der Waals surface area contributed by atoms with Gasteiger partial charge < -0.3 is 34.1 Å². The van der Waals surface area contributed by atoms with E-state index in [0.717, 1.165) is 71.2 Å². The van der Waals surface area contributed by atoms with Crippen molar-refractivity contribution in [2.75, 3.05) is 71.2 Å². The van der Waals surface area contributed by atoms with Crippen molar-refractivity contribution in [3.05, 3.63) is 41.5 Å². The van der Waals surface area contributed by atoms with E-state index in [4.69, 9.17) is 35.3 Å². The zero-order valence-corrected chi connectivity index (χ0v) is 31.6. The Morgan fingerprint density at radius 3 is 2.64 bits per heavy atom. The molecule has 4 fully saturated rings. The minimum absolute atomic E-state index is 0.00480. The molecule has 4 aromatic rings. The highest BCUT2D eigenvalue weighted by Gasteiger charge is 2.48. The number of likely N-dealkylation sites (tertiary alicyclic amines) is 1. The van der Waals surface area contributed by atoms with E-state index < -0.39 is 17.2 Å². The molecule has 4 aliphatic rings. The first-order chi connectivity index (χ1) is 26.6. The van der Waals surface area contributed by atoms with Crippen LogP contribution in [0.25, 0.3) is 32.9 Å². The number of anilines is 1. The van der Waals surface area contributed by atoms with Crippen LogP contribution in [0.4, 0.5) is 14.6 Å². The van der Waals surface area contributed by atoms with Crippen LogP contribution < -0.4 is 14.4 Å². The molecule has 0 spiro atoms. The monoisotopic (exact) mass is 757 g/mol. The predicted octanol–water partition coefficient (Wildman–Crippen LogP) is 6.24. The average molecular weight is 758 g/mol. The van der Waals surface area contributed by atoms with Crippen LogP contribution in [-0.2, 0) is 9.47 Å². The Morgan fingerprint density at radius 1 is 1.02 bits per heavy atom. The van der Waals surface area contributed by atoms with Gasteiger partial charge >= 0.3 is 6.01 Å². The maximum absolute atomic E-state index is 17.3. The Labute approximate surface area is 320 Å². The molecule has 1 saturated carbocycles. The zero-order chi connectivity index (χ0) is 38.3. The molecule has 2 N–H and O–H groups in total. The number of rotatable bonds is 9. The highest BCUT2D eigenvalue weighted by molar-refractivity contribution is 6.04. The van der Waals surface area contributed by atoms with Crippen LogP contribution in [0, 0.1) is 35.3 Å². The van der Waals surface area contributed by atoms with E-state index in [1.54, 1.807) is 6.92 Å². The standard InChI is InChI=1S/C42H49F2N5O6/c1-4-29-31(43)9-8-27-21-28(50)22-30(33(27)29)36-35(44)37-34(39(45-36)52-3)38(49-17-20-54-24-41(2,51)23-49)47-40(46-37)55-25-42-13-5-7-32(42)48(15-6-14-42)16-10-26-11-18-53-19-12-26/h1,8-9,21-22,26,32,50-51H,5-7,10-20,23-25H2,2-3H3. The molecule has 11 nitrogen and oxygen atoms in total. The second-order valence-corrected chi connectivity index (χ2v) is 16.0. The molecule has 8 rings (SSSR count). The van der Waals surface area contributed by atoms with Crippen molar-refractivity contribution in [1.82, 2.24) is 19.9 Å². The number of phenolic OH excluding ortho intramolecular Hbond substituents is 1. The van der Waals surface area contributed by atoms with Crippen LogP contribution in [0.2, 0.25) is 0 Å². The van der Waals surface area contributed by atoms with E-state index in [1.165, 1.54) is 37.8 Å². The Hall–Kier alpha value is -4.35. The molecule has 3 unspecified atom stereocenters. The number of hydrogen-bond acceptors (Lipinski definition) is 11. The van der Waals surface area contributed by atoms with Crippen molar-refractivity contribution in [2.24, 2.45) is 11.3 Å². The van der Waals surface area contributed by atoms with Gasteiger partial charge in [-0.1, -0.05) is 18.4 Å². The maximum Gasteiger partial charge on any atom is 0.319 e. The van der Waals surface area contributed by atoms with Crippen molar-refractivity contribution in [1.29, 1.82) is 0 Å². The zero-order valence-electron chi connectivity index (χ0n) is 31.6. The van der Waals surface area contributed by atoms with Crippen molar-refractivity contribution in [2.45, 2.75) is 69.9 Å². The van der Waals surface area contributed by atoms with Gasteiger partial charge in [-0.3, -0.25) is 4.90 Å². The number of ether oxygens (including phenoxy) is 4. The lowest BCUT2D eigenvalue weighted by atomic mass is 9.75. The predicted molar refractivity (Wildman–Crippen MR) is 205 cm³/mol. The van der Waals surface area contributed by atoms with Crippen LogP contribution in [0.15, 0.2) is 24.3 Å². The fourth-order valence-electron chi connectivity index (χ4n) is 9.53. The van der Waals surface area contributed by atoms with Crippen LogP contribution in [-0.4, -0.2) is 108 Å². The number of nitrogens with zero attached hydrogens (tertiary/aromatic N) is 5. The SMILES string of the molecule is C#Cc1c(F)ccc2cc(O)cc(-c3nc(OC)c4c(N5CCOCC(C)(O)C5)nc(OCC56CCCC5N(CCC5CCOCC5)CCC6)nc4c3F)c12. The summed E-state index contributed by atoms with van der Waals surface area (Å²) in [7, 11) is 1.41. The molecule has 3 atom stereocenters. The molecule has 2 aromatic heterocycles. The fraction of sp³-hybridized carbons (Fsp3) is 0.548. The number of terminal acetylenes is 1. The average Bonchev–Trinajstić information content (AvgIpc) is 3.54. The van der Waals surface area contributed by atoms with Gasteiger partial charge in [0.15, 0.2) is 5.82 Å². The van der Waals surface area contributed by atoms with Gasteiger partial charge in [0, 0.05) is 42.2 Å². The van der Waals surface area contributed by atoms with Gasteiger partial charge in [0.05, 0.1) is 39.0 Å². The number of β-amino-alcohol motifs (C(OH)–C–C–N with tert-alkyl or cyclic N) is 1. The topological polar surface area (TPSA) is 123 Å². The lowest BCUT2D eigenvalue weighted by Gasteiger charge is -2.46. The van der Waals surface area contributed by atoms with Crippen molar-refractivity contribution < 1.29 is 37.9 Å². The lowest BCUT2D eigenvalue weighted by Crippen LogP contribution is -2.52. The van der Waals surface area contributed by atoms with Gasteiger partial charge in [-0.05, 0) is 94.5 Å². The first kappa shape index (κ1) is 37.6. The number of hydrogen-bond donors (Lipinski definition) is 2. The smallest absolute Gasteiger partial charge is 0.319 e. The van der Waals surface area contributed by atoms with Crippen LogP contribution in [0.3, 0.4) is 0 Å². The van der Waals surface area contributed by atoms with Gasteiger partial charge in [-0.2, -0.15) is 9.97 Å². The molecular formula is C42H49F2N5O6. The number of fused-ring (bicyclic) bond motifs is 3. The first-order valence-electron chi connectivity index (χ1n) is 19.5. The summed E-state index contributed by atoms with van der Waals surface area (Å²) in [5, 5.41) is 22.7. The maximum atomic E-state index is 17.3. The Morgan fingerprint density at radius 2 is 1.84 bits per heavy atom. The number of phenols is 1. The molecule has 1 aliphatic carbocycles. The molecular weight excluding hydrogens is 708 g/mol. The Bertz CT molecular complexity index is 2120. The van der Waals surface area contributed by atoms with E-state index in [-0.39, 0.29) is 75.1 Å². The molecule has 2 aromatic carbocycles. The second kappa shape index (κ2) is 15.3. The van der Waals surface area contributed by atoms with Gasteiger partial charge in [-0.15, -0.1) is 6.42 Å². The van der Waals surface area contributed by atoms with Crippen LogP contribution in [0.5, 0.6) is 17.6 Å². The molecule has 0 bridgehead atoms. The normalized spacial score (nSPS) is 25.2. The van der Waals surface area contributed by atoms with E-state index in [1.807, 2.05) is 4.90 Å². The molecule has 5 heterocycles.